The second kappa shape index (κ2) is 5.67. The Kier molecular flexibility index (Phi) is 4.19. The Balaban J connectivity index is 2.30. The van der Waals surface area contributed by atoms with Gasteiger partial charge >= 0.3 is 0 Å². The fourth-order valence-corrected chi connectivity index (χ4v) is 2.79. The molecule has 0 saturated heterocycles. The highest BCUT2D eigenvalue weighted by atomic mass is 16.5. The van der Waals surface area contributed by atoms with Gasteiger partial charge in [-0.25, -0.2) is 0 Å². The maximum atomic E-state index is 10.6. The third-order valence-corrected chi connectivity index (χ3v) is 3.66. The molecule has 0 bridgehead atoms. The Morgan fingerprint density at radius 2 is 2.17 bits per heavy atom. The number of methoxy groups -OCH3 is 1. The molecule has 1 aliphatic rings. The van der Waals surface area contributed by atoms with E-state index < -0.39 is 11.7 Å². The summed E-state index contributed by atoms with van der Waals surface area (Å²) in [6, 6.07) is 3.62. The van der Waals surface area contributed by atoms with Crippen LogP contribution in [0, 0.1) is 0 Å². The molecule has 1 N–H and O–H groups in total. The van der Waals surface area contributed by atoms with Crippen molar-refractivity contribution in [3.8, 4) is 5.75 Å². The molecular formula is C14H21NO3. The van der Waals surface area contributed by atoms with E-state index in [4.69, 9.17) is 9.47 Å². The molecule has 4 heteroatoms. The summed E-state index contributed by atoms with van der Waals surface area (Å²) in [6.45, 7) is 2.56. The van der Waals surface area contributed by atoms with Crippen LogP contribution in [0.1, 0.15) is 44.4 Å². The molecule has 18 heavy (non-hydrogen) atoms. The van der Waals surface area contributed by atoms with Gasteiger partial charge in [-0.3, -0.25) is 4.98 Å². The quantitative estimate of drug-likeness (QED) is 0.873. The SMILES string of the molecule is CCOC1(C(O)c2ncccc2OC)CCCC1. The Morgan fingerprint density at radius 3 is 2.78 bits per heavy atom. The molecule has 1 unspecified atom stereocenters. The summed E-state index contributed by atoms with van der Waals surface area (Å²) >= 11 is 0. The molecule has 0 radical (unpaired) electrons. The van der Waals surface area contributed by atoms with Gasteiger partial charge < -0.3 is 14.6 Å². The average molecular weight is 251 g/mol. The molecule has 0 amide bonds. The number of hydrogen-bond donors (Lipinski definition) is 1. The number of aromatic nitrogens is 1. The van der Waals surface area contributed by atoms with Gasteiger partial charge in [0.2, 0.25) is 0 Å². The first-order chi connectivity index (χ1) is 8.73. The number of pyridine rings is 1. The number of rotatable bonds is 5. The summed E-state index contributed by atoms with van der Waals surface area (Å²) in [5, 5.41) is 10.6. The largest absolute Gasteiger partial charge is 0.495 e. The van der Waals surface area contributed by atoms with Crippen molar-refractivity contribution in [3.05, 3.63) is 24.0 Å². The Bertz CT molecular complexity index is 388. The van der Waals surface area contributed by atoms with E-state index in [1.54, 1.807) is 19.4 Å². The first-order valence-corrected chi connectivity index (χ1v) is 6.54. The topological polar surface area (TPSA) is 51.6 Å². The van der Waals surface area contributed by atoms with Crippen LogP contribution < -0.4 is 4.74 Å². The lowest BCUT2D eigenvalue weighted by atomic mass is 9.91. The molecule has 1 aliphatic carbocycles. The number of aliphatic hydroxyl groups is 1. The van der Waals surface area contributed by atoms with Crippen LogP contribution in [0.4, 0.5) is 0 Å². The zero-order valence-corrected chi connectivity index (χ0v) is 11.1. The number of ether oxygens (including phenoxy) is 2. The van der Waals surface area contributed by atoms with Crippen LogP contribution in [-0.4, -0.2) is 29.4 Å². The number of aliphatic hydroxyl groups excluding tert-OH is 1. The van der Waals surface area contributed by atoms with Crippen LogP contribution in [0.5, 0.6) is 5.75 Å². The molecule has 0 aromatic carbocycles. The molecule has 0 aliphatic heterocycles. The predicted molar refractivity (Wildman–Crippen MR) is 68.6 cm³/mol. The fraction of sp³-hybridized carbons (Fsp3) is 0.643. The lowest BCUT2D eigenvalue weighted by molar-refractivity contribution is -0.120. The van der Waals surface area contributed by atoms with Crippen molar-refractivity contribution in [2.45, 2.75) is 44.3 Å². The van der Waals surface area contributed by atoms with Gasteiger partial charge in [-0.2, -0.15) is 0 Å². The zero-order chi connectivity index (χ0) is 13.0. The highest BCUT2D eigenvalue weighted by Gasteiger charge is 2.43. The summed E-state index contributed by atoms with van der Waals surface area (Å²) < 4.78 is 11.1. The minimum atomic E-state index is -0.726. The molecule has 1 aromatic heterocycles. The van der Waals surface area contributed by atoms with Gasteiger partial charge in [-0.15, -0.1) is 0 Å². The van der Waals surface area contributed by atoms with E-state index in [1.165, 1.54) is 0 Å². The maximum Gasteiger partial charge on any atom is 0.143 e. The highest BCUT2D eigenvalue weighted by Crippen LogP contribution is 2.44. The normalized spacial score (nSPS) is 19.7. The summed E-state index contributed by atoms with van der Waals surface area (Å²) in [5.74, 6) is 0.621. The van der Waals surface area contributed by atoms with Crippen LogP contribution >= 0.6 is 0 Å². The minimum Gasteiger partial charge on any atom is -0.495 e. The summed E-state index contributed by atoms with van der Waals surface area (Å²) in [7, 11) is 1.59. The lowest BCUT2D eigenvalue weighted by Crippen LogP contribution is -2.37. The smallest absolute Gasteiger partial charge is 0.143 e. The van der Waals surface area contributed by atoms with E-state index >= 15 is 0 Å². The third-order valence-electron chi connectivity index (χ3n) is 3.66. The van der Waals surface area contributed by atoms with E-state index in [2.05, 4.69) is 4.98 Å². The van der Waals surface area contributed by atoms with Crippen molar-refractivity contribution in [1.82, 2.24) is 4.98 Å². The van der Waals surface area contributed by atoms with Crippen LogP contribution in [0.3, 0.4) is 0 Å². The molecule has 100 valence electrons. The molecule has 2 rings (SSSR count). The van der Waals surface area contributed by atoms with Crippen molar-refractivity contribution >= 4 is 0 Å². The number of hydrogen-bond acceptors (Lipinski definition) is 4. The Hall–Kier alpha value is -1.13. The molecule has 1 fully saturated rings. The van der Waals surface area contributed by atoms with Gasteiger partial charge in [0.15, 0.2) is 0 Å². The average Bonchev–Trinajstić information content (AvgIpc) is 2.88. The second-order valence-corrected chi connectivity index (χ2v) is 4.70. The first-order valence-electron chi connectivity index (χ1n) is 6.54. The van der Waals surface area contributed by atoms with Crippen molar-refractivity contribution in [1.29, 1.82) is 0 Å². The second-order valence-electron chi connectivity index (χ2n) is 4.70. The van der Waals surface area contributed by atoms with Crippen LogP contribution in [0.2, 0.25) is 0 Å². The Labute approximate surface area is 108 Å². The monoisotopic (exact) mass is 251 g/mol. The van der Waals surface area contributed by atoms with Crippen LogP contribution in [0.15, 0.2) is 18.3 Å². The van der Waals surface area contributed by atoms with E-state index in [0.717, 1.165) is 25.7 Å². The summed E-state index contributed by atoms with van der Waals surface area (Å²) in [6.07, 6.45) is 4.88. The van der Waals surface area contributed by atoms with Crippen molar-refractivity contribution in [3.63, 3.8) is 0 Å². The van der Waals surface area contributed by atoms with Crippen LogP contribution in [-0.2, 0) is 4.74 Å². The van der Waals surface area contributed by atoms with E-state index in [0.29, 0.717) is 18.1 Å². The molecule has 1 saturated carbocycles. The predicted octanol–water partition coefficient (Wildman–Crippen LogP) is 2.47. The van der Waals surface area contributed by atoms with E-state index in [9.17, 15) is 5.11 Å². The molecule has 1 heterocycles. The van der Waals surface area contributed by atoms with Gasteiger partial charge in [-0.1, -0.05) is 12.8 Å². The lowest BCUT2D eigenvalue weighted by Gasteiger charge is -2.34. The van der Waals surface area contributed by atoms with Crippen molar-refractivity contribution in [2.75, 3.05) is 13.7 Å². The van der Waals surface area contributed by atoms with E-state index in [-0.39, 0.29) is 0 Å². The van der Waals surface area contributed by atoms with Crippen molar-refractivity contribution < 1.29 is 14.6 Å². The van der Waals surface area contributed by atoms with Gasteiger partial charge in [0.25, 0.3) is 0 Å². The molecule has 0 spiro atoms. The molecule has 4 nitrogen and oxygen atoms in total. The van der Waals surface area contributed by atoms with Gasteiger partial charge in [0, 0.05) is 12.8 Å². The maximum absolute atomic E-state index is 10.6. The molecule has 1 atom stereocenters. The standard InChI is InChI=1S/C14H21NO3/c1-3-18-14(8-4-5-9-14)13(16)12-11(17-2)7-6-10-15-12/h6-7,10,13,16H,3-5,8-9H2,1-2H3. The zero-order valence-electron chi connectivity index (χ0n) is 11.1. The fourth-order valence-electron chi connectivity index (χ4n) is 2.79. The van der Waals surface area contributed by atoms with Crippen molar-refractivity contribution in [2.24, 2.45) is 0 Å². The Morgan fingerprint density at radius 1 is 1.44 bits per heavy atom. The van der Waals surface area contributed by atoms with Gasteiger partial charge in [-0.05, 0) is 31.9 Å². The van der Waals surface area contributed by atoms with Crippen LogP contribution in [0.25, 0.3) is 0 Å². The molecule has 1 aromatic rings. The molecular weight excluding hydrogens is 230 g/mol. The number of nitrogens with zero attached hydrogens (tertiary/aromatic N) is 1. The highest BCUT2D eigenvalue weighted by molar-refractivity contribution is 5.30. The summed E-state index contributed by atoms with van der Waals surface area (Å²) in [4.78, 5) is 4.27. The first kappa shape index (κ1) is 13.3. The minimum absolute atomic E-state index is 0.490. The van der Waals surface area contributed by atoms with E-state index in [1.807, 2.05) is 13.0 Å². The van der Waals surface area contributed by atoms with Gasteiger partial charge in [0.05, 0.1) is 12.7 Å². The summed E-state index contributed by atoms with van der Waals surface area (Å²) in [5.41, 5.74) is 0.0893. The van der Waals surface area contributed by atoms with Gasteiger partial charge in [0.1, 0.15) is 17.5 Å². The third kappa shape index (κ3) is 2.35.